The van der Waals surface area contributed by atoms with Crippen molar-refractivity contribution in [2.45, 2.75) is 45.3 Å². The zero-order valence-corrected chi connectivity index (χ0v) is 10.8. The van der Waals surface area contributed by atoms with Crippen molar-refractivity contribution in [1.82, 2.24) is 4.98 Å². The van der Waals surface area contributed by atoms with Crippen molar-refractivity contribution in [3.8, 4) is 11.6 Å². The van der Waals surface area contributed by atoms with Gasteiger partial charge in [-0.2, -0.15) is 0 Å². The van der Waals surface area contributed by atoms with Gasteiger partial charge in [0.1, 0.15) is 11.4 Å². The van der Waals surface area contributed by atoms with Crippen LogP contribution in [0, 0.1) is 0 Å². The Bertz CT molecular complexity index is 461. The van der Waals surface area contributed by atoms with Gasteiger partial charge in [0, 0.05) is 12.1 Å². The molecule has 0 aromatic carbocycles. The Morgan fingerprint density at radius 2 is 2.06 bits per heavy atom. The van der Waals surface area contributed by atoms with Crippen LogP contribution in [-0.2, 0) is 0 Å². The highest BCUT2D eigenvalue weighted by Gasteiger charge is 2.25. The predicted octanol–water partition coefficient (Wildman–Crippen LogP) is 2.50. The highest BCUT2D eigenvalue weighted by Crippen LogP contribution is 2.29. The number of carbonyl (C=O) groups is 1. The second-order valence-electron chi connectivity index (χ2n) is 5.36. The van der Waals surface area contributed by atoms with Gasteiger partial charge in [-0.25, -0.2) is 9.78 Å². The molecule has 0 unspecified atom stereocenters. The topological polar surface area (TPSA) is 68.7 Å². The molecule has 1 fully saturated rings. The van der Waals surface area contributed by atoms with E-state index in [0.717, 1.165) is 12.8 Å². The van der Waals surface area contributed by atoms with Gasteiger partial charge in [0.2, 0.25) is 5.88 Å². The van der Waals surface area contributed by atoms with Gasteiger partial charge < -0.3 is 14.6 Å². The lowest BCUT2D eigenvalue weighted by atomic mass is 10.2. The molecule has 98 valence electrons. The van der Waals surface area contributed by atoms with Gasteiger partial charge in [-0.15, -0.1) is 0 Å². The minimum Gasteiger partial charge on any atom is -0.490 e. The van der Waals surface area contributed by atoms with E-state index >= 15 is 0 Å². The third-order valence-electron chi connectivity index (χ3n) is 2.23. The Kier molecular flexibility index (Phi) is 3.15. The molecule has 1 aromatic heterocycles. The minimum atomic E-state index is -1.09. The van der Waals surface area contributed by atoms with Gasteiger partial charge in [-0.05, 0) is 33.6 Å². The molecule has 1 aliphatic carbocycles. The maximum Gasteiger partial charge on any atom is 0.354 e. The van der Waals surface area contributed by atoms with Gasteiger partial charge in [0.15, 0.2) is 5.69 Å². The van der Waals surface area contributed by atoms with E-state index in [-0.39, 0.29) is 17.7 Å². The Hall–Kier alpha value is -1.78. The lowest BCUT2D eigenvalue weighted by Gasteiger charge is -2.20. The van der Waals surface area contributed by atoms with Gasteiger partial charge in [0.05, 0.1) is 6.10 Å². The molecule has 5 heteroatoms. The highest BCUT2D eigenvalue weighted by molar-refractivity contribution is 5.86. The van der Waals surface area contributed by atoms with Crippen LogP contribution in [0.1, 0.15) is 44.1 Å². The number of nitrogens with zero attached hydrogens (tertiary/aromatic N) is 1. The number of aromatic carboxylic acids is 1. The molecule has 0 spiro atoms. The van der Waals surface area contributed by atoms with Crippen LogP contribution in [-0.4, -0.2) is 27.8 Å². The molecule has 0 radical (unpaired) electrons. The van der Waals surface area contributed by atoms with Crippen molar-refractivity contribution in [1.29, 1.82) is 0 Å². The standard InChI is InChI=1S/C13H17NO4/c1-13(2,3)18-11-7-9(17-8-4-5-8)6-10(14-11)12(15)16/h6-8H,4-5H2,1-3H3,(H,15,16). The number of pyridine rings is 1. The van der Waals surface area contributed by atoms with Crippen LogP contribution in [0.3, 0.4) is 0 Å². The third-order valence-corrected chi connectivity index (χ3v) is 2.23. The first-order valence-electron chi connectivity index (χ1n) is 5.94. The molecule has 0 saturated heterocycles. The number of ether oxygens (including phenoxy) is 2. The zero-order valence-electron chi connectivity index (χ0n) is 10.8. The molecular weight excluding hydrogens is 234 g/mol. The number of hydrogen-bond donors (Lipinski definition) is 1. The average molecular weight is 251 g/mol. The van der Waals surface area contributed by atoms with Gasteiger partial charge in [-0.3, -0.25) is 0 Å². The van der Waals surface area contributed by atoms with E-state index in [9.17, 15) is 4.79 Å². The molecule has 0 aliphatic heterocycles. The third kappa shape index (κ3) is 3.61. The maximum atomic E-state index is 11.0. The van der Waals surface area contributed by atoms with Crippen molar-refractivity contribution in [2.24, 2.45) is 0 Å². The fraction of sp³-hybridized carbons (Fsp3) is 0.538. The van der Waals surface area contributed by atoms with Crippen molar-refractivity contribution >= 4 is 5.97 Å². The van der Waals surface area contributed by atoms with Crippen LogP contribution in [0.4, 0.5) is 0 Å². The number of carboxylic acids is 1. The van der Waals surface area contributed by atoms with Crippen molar-refractivity contribution in [2.75, 3.05) is 0 Å². The maximum absolute atomic E-state index is 11.0. The van der Waals surface area contributed by atoms with Crippen LogP contribution in [0.2, 0.25) is 0 Å². The van der Waals surface area contributed by atoms with E-state index in [0.29, 0.717) is 5.75 Å². The summed E-state index contributed by atoms with van der Waals surface area (Å²) in [6.07, 6.45) is 2.23. The van der Waals surface area contributed by atoms with E-state index in [1.807, 2.05) is 20.8 Å². The summed E-state index contributed by atoms with van der Waals surface area (Å²) in [5, 5.41) is 9.01. The molecule has 1 heterocycles. The number of rotatable bonds is 4. The van der Waals surface area contributed by atoms with Crippen LogP contribution in [0.25, 0.3) is 0 Å². The summed E-state index contributed by atoms with van der Waals surface area (Å²) in [6.45, 7) is 5.64. The Morgan fingerprint density at radius 1 is 1.39 bits per heavy atom. The first-order chi connectivity index (χ1) is 8.33. The van der Waals surface area contributed by atoms with E-state index in [1.165, 1.54) is 6.07 Å². The molecule has 0 amide bonds. The van der Waals surface area contributed by atoms with Crippen LogP contribution in [0.5, 0.6) is 11.6 Å². The largest absolute Gasteiger partial charge is 0.490 e. The second kappa shape index (κ2) is 4.48. The Balaban J connectivity index is 2.26. The van der Waals surface area contributed by atoms with Gasteiger partial charge in [0.25, 0.3) is 0 Å². The summed E-state index contributed by atoms with van der Waals surface area (Å²) in [6, 6.07) is 3.06. The van der Waals surface area contributed by atoms with Crippen molar-refractivity contribution < 1.29 is 19.4 Å². The van der Waals surface area contributed by atoms with E-state index < -0.39 is 11.6 Å². The second-order valence-corrected chi connectivity index (χ2v) is 5.36. The van der Waals surface area contributed by atoms with Crippen LogP contribution >= 0.6 is 0 Å². The van der Waals surface area contributed by atoms with E-state index in [1.54, 1.807) is 6.07 Å². The SMILES string of the molecule is CC(C)(C)Oc1cc(OC2CC2)cc(C(=O)O)n1. The summed E-state index contributed by atoms with van der Waals surface area (Å²) in [7, 11) is 0. The lowest BCUT2D eigenvalue weighted by Crippen LogP contribution is -2.24. The smallest absolute Gasteiger partial charge is 0.354 e. The fourth-order valence-electron chi connectivity index (χ4n) is 1.40. The molecular formula is C13H17NO4. The number of carboxylic acid groups (broad SMARTS) is 1. The molecule has 0 bridgehead atoms. The van der Waals surface area contributed by atoms with Crippen LogP contribution < -0.4 is 9.47 Å². The number of aromatic nitrogens is 1. The van der Waals surface area contributed by atoms with Crippen molar-refractivity contribution in [3.05, 3.63) is 17.8 Å². The Morgan fingerprint density at radius 3 is 2.56 bits per heavy atom. The molecule has 1 aliphatic rings. The monoisotopic (exact) mass is 251 g/mol. The zero-order chi connectivity index (χ0) is 13.3. The molecule has 1 aromatic rings. The summed E-state index contributed by atoms with van der Waals surface area (Å²) in [5.74, 6) is -0.308. The van der Waals surface area contributed by atoms with Gasteiger partial charge >= 0.3 is 5.97 Å². The highest BCUT2D eigenvalue weighted by atomic mass is 16.5. The molecule has 0 atom stereocenters. The molecule has 2 rings (SSSR count). The first kappa shape index (κ1) is 12.7. The predicted molar refractivity (Wildman–Crippen MR) is 65.2 cm³/mol. The first-order valence-corrected chi connectivity index (χ1v) is 5.94. The van der Waals surface area contributed by atoms with Crippen molar-refractivity contribution in [3.63, 3.8) is 0 Å². The quantitative estimate of drug-likeness (QED) is 0.890. The normalized spacial score (nSPS) is 15.3. The Labute approximate surface area is 106 Å². The minimum absolute atomic E-state index is 0.0626. The van der Waals surface area contributed by atoms with E-state index in [2.05, 4.69) is 4.98 Å². The van der Waals surface area contributed by atoms with Crippen LogP contribution in [0.15, 0.2) is 12.1 Å². The lowest BCUT2D eigenvalue weighted by molar-refractivity contribution is 0.0683. The summed E-state index contributed by atoms with van der Waals surface area (Å²) in [5.41, 5.74) is -0.492. The molecule has 1 N–H and O–H groups in total. The summed E-state index contributed by atoms with van der Waals surface area (Å²) < 4.78 is 11.2. The molecule has 1 saturated carbocycles. The van der Waals surface area contributed by atoms with Gasteiger partial charge in [-0.1, -0.05) is 0 Å². The number of hydrogen-bond acceptors (Lipinski definition) is 4. The summed E-state index contributed by atoms with van der Waals surface area (Å²) in [4.78, 5) is 14.9. The molecule has 5 nitrogen and oxygen atoms in total. The summed E-state index contributed by atoms with van der Waals surface area (Å²) >= 11 is 0. The van der Waals surface area contributed by atoms with E-state index in [4.69, 9.17) is 14.6 Å². The molecule has 18 heavy (non-hydrogen) atoms. The fourth-order valence-corrected chi connectivity index (χ4v) is 1.40. The average Bonchev–Trinajstić information content (AvgIpc) is 2.98.